The van der Waals surface area contributed by atoms with Crippen LogP contribution in [0.5, 0.6) is 0 Å². The van der Waals surface area contributed by atoms with Gasteiger partial charge >= 0.3 is 0 Å². The van der Waals surface area contributed by atoms with Crippen molar-refractivity contribution < 1.29 is 13.6 Å². The Labute approximate surface area is 141 Å². The number of nitrogens with zero attached hydrogens (tertiary/aromatic N) is 1. The van der Waals surface area contributed by atoms with Crippen LogP contribution in [0.1, 0.15) is 35.0 Å². The Kier molecular flexibility index (Phi) is 6.19. The Morgan fingerprint density at radius 1 is 1.22 bits per heavy atom. The maximum Gasteiger partial charge on any atom is 0.254 e. The third kappa shape index (κ3) is 4.12. The predicted octanol–water partition coefficient (Wildman–Crippen LogP) is 3.41. The number of carbonyl (C=O) groups is 1. The van der Waals surface area contributed by atoms with Crippen LogP contribution in [0.15, 0.2) is 47.1 Å². The lowest BCUT2D eigenvalue weighted by molar-refractivity contribution is 0.0929. The smallest absolute Gasteiger partial charge is 0.254 e. The minimum atomic E-state index is -0.504. The van der Waals surface area contributed by atoms with E-state index < -0.39 is 11.7 Å². The summed E-state index contributed by atoms with van der Waals surface area (Å²) in [5, 5.41) is 2.82. The highest BCUT2D eigenvalue weighted by Gasteiger charge is 2.26. The number of amides is 1. The molecule has 0 spiro atoms. The number of hydrogen-bond acceptors (Lipinski definition) is 3. The first-order valence-electron chi connectivity index (χ1n) is 7.56. The molecule has 23 heavy (non-hydrogen) atoms. The number of halogens is 2. The summed E-state index contributed by atoms with van der Waals surface area (Å²) in [6.45, 7) is 2.38. The molecule has 1 aliphatic heterocycles. The predicted molar refractivity (Wildman–Crippen MR) is 88.2 cm³/mol. The lowest BCUT2D eigenvalue weighted by atomic mass is 10.1. The normalized spacial score (nSPS) is 15.9. The molecule has 1 unspecified atom stereocenters. The molecule has 1 N–H and O–H groups in total. The Morgan fingerprint density at radius 3 is 2.61 bits per heavy atom. The fourth-order valence-corrected chi connectivity index (χ4v) is 2.87. The van der Waals surface area contributed by atoms with Gasteiger partial charge in [-0.1, -0.05) is 12.1 Å². The molecular weight excluding hydrogens is 319 g/mol. The molecular formula is C17H20ClFN2O2. The van der Waals surface area contributed by atoms with Gasteiger partial charge in [0.15, 0.2) is 0 Å². The third-order valence-corrected chi connectivity index (χ3v) is 4.03. The Bertz CT molecular complexity index is 627. The van der Waals surface area contributed by atoms with Crippen molar-refractivity contribution in [3.05, 3.63) is 59.8 Å². The van der Waals surface area contributed by atoms with Gasteiger partial charge in [-0.3, -0.25) is 9.69 Å². The van der Waals surface area contributed by atoms with E-state index in [1.54, 1.807) is 18.4 Å². The van der Waals surface area contributed by atoms with Crippen LogP contribution in [-0.2, 0) is 0 Å². The van der Waals surface area contributed by atoms with E-state index >= 15 is 0 Å². The fourth-order valence-electron chi connectivity index (χ4n) is 2.87. The van der Waals surface area contributed by atoms with Crippen LogP contribution in [0.3, 0.4) is 0 Å². The summed E-state index contributed by atoms with van der Waals surface area (Å²) in [5.74, 6) is -0.0692. The van der Waals surface area contributed by atoms with Crippen molar-refractivity contribution in [2.24, 2.45) is 0 Å². The fraction of sp³-hybridized carbons (Fsp3) is 0.353. The van der Waals surface area contributed by atoms with Gasteiger partial charge < -0.3 is 9.73 Å². The monoisotopic (exact) mass is 338 g/mol. The minimum Gasteiger partial charge on any atom is -0.468 e. The molecule has 2 aromatic rings. The molecule has 124 valence electrons. The summed E-state index contributed by atoms with van der Waals surface area (Å²) < 4.78 is 19.2. The number of nitrogens with one attached hydrogen (secondary N) is 1. The molecule has 0 radical (unpaired) electrons. The van der Waals surface area contributed by atoms with Crippen LogP contribution in [0.2, 0.25) is 0 Å². The highest BCUT2D eigenvalue weighted by Crippen LogP contribution is 2.25. The molecule has 2 heterocycles. The lowest BCUT2D eigenvalue weighted by Crippen LogP contribution is -2.36. The number of likely N-dealkylation sites (tertiary alicyclic amines) is 1. The van der Waals surface area contributed by atoms with E-state index in [0.717, 1.165) is 31.7 Å². The van der Waals surface area contributed by atoms with Gasteiger partial charge in [0.1, 0.15) is 11.6 Å². The molecule has 1 aromatic heterocycles. The van der Waals surface area contributed by atoms with Gasteiger partial charge in [0, 0.05) is 6.54 Å². The van der Waals surface area contributed by atoms with Gasteiger partial charge in [-0.25, -0.2) is 4.39 Å². The van der Waals surface area contributed by atoms with Crippen molar-refractivity contribution in [3.8, 4) is 0 Å². The van der Waals surface area contributed by atoms with E-state index in [2.05, 4.69) is 10.2 Å². The van der Waals surface area contributed by atoms with Crippen LogP contribution in [0.4, 0.5) is 4.39 Å². The summed E-state index contributed by atoms with van der Waals surface area (Å²) in [4.78, 5) is 14.4. The van der Waals surface area contributed by atoms with Crippen molar-refractivity contribution >= 4 is 18.3 Å². The first kappa shape index (κ1) is 17.5. The Balaban J connectivity index is 0.00000192. The van der Waals surface area contributed by atoms with E-state index in [4.69, 9.17) is 4.42 Å². The van der Waals surface area contributed by atoms with Crippen LogP contribution in [-0.4, -0.2) is 30.4 Å². The summed E-state index contributed by atoms with van der Waals surface area (Å²) >= 11 is 0. The number of rotatable bonds is 5. The maximum atomic E-state index is 13.6. The van der Waals surface area contributed by atoms with Crippen molar-refractivity contribution in [3.63, 3.8) is 0 Å². The van der Waals surface area contributed by atoms with E-state index in [0.29, 0.717) is 6.54 Å². The summed E-state index contributed by atoms with van der Waals surface area (Å²) in [6.07, 6.45) is 3.94. The standard InChI is InChI=1S/C17H19FN2O2.ClH/c18-14-7-2-1-6-13(14)17(21)19-12-15(16-8-5-11-22-16)20-9-3-4-10-20;/h1-2,5-8,11,15H,3-4,9-10,12H2,(H,19,21);1H. The molecule has 1 amide bonds. The molecule has 1 saturated heterocycles. The molecule has 1 fully saturated rings. The molecule has 4 nitrogen and oxygen atoms in total. The average molecular weight is 339 g/mol. The minimum absolute atomic E-state index is 0. The zero-order valence-electron chi connectivity index (χ0n) is 12.7. The van der Waals surface area contributed by atoms with Crippen molar-refractivity contribution in [2.45, 2.75) is 18.9 Å². The van der Waals surface area contributed by atoms with Gasteiger partial charge in [0.25, 0.3) is 5.91 Å². The summed E-state index contributed by atoms with van der Waals surface area (Å²) in [6, 6.07) is 9.76. The van der Waals surface area contributed by atoms with Crippen LogP contribution in [0.25, 0.3) is 0 Å². The highest BCUT2D eigenvalue weighted by atomic mass is 35.5. The van der Waals surface area contributed by atoms with Crippen molar-refractivity contribution in [1.29, 1.82) is 0 Å². The van der Waals surface area contributed by atoms with Crippen LogP contribution >= 0.6 is 12.4 Å². The number of benzene rings is 1. The zero-order valence-corrected chi connectivity index (χ0v) is 13.5. The van der Waals surface area contributed by atoms with Gasteiger partial charge in [0.05, 0.1) is 17.9 Å². The number of hydrogen-bond donors (Lipinski definition) is 1. The van der Waals surface area contributed by atoms with Crippen molar-refractivity contribution in [2.75, 3.05) is 19.6 Å². The maximum absolute atomic E-state index is 13.6. The molecule has 6 heteroatoms. The first-order valence-corrected chi connectivity index (χ1v) is 7.56. The second-order valence-electron chi connectivity index (χ2n) is 5.46. The summed E-state index contributed by atoms with van der Waals surface area (Å²) in [7, 11) is 0. The topological polar surface area (TPSA) is 45.5 Å². The second kappa shape index (κ2) is 8.13. The van der Waals surface area contributed by atoms with E-state index in [9.17, 15) is 9.18 Å². The Morgan fingerprint density at radius 2 is 1.96 bits per heavy atom. The van der Waals surface area contributed by atoms with Gasteiger partial charge in [-0.2, -0.15) is 0 Å². The van der Waals surface area contributed by atoms with E-state index in [1.165, 1.54) is 12.1 Å². The van der Waals surface area contributed by atoms with Crippen LogP contribution < -0.4 is 5.32 Å². The zero-order chi connectivity index (χ0) is 15.4. The molecule has 0 saturated carbocycles. The second-order valence-corrected chi connectivity index (χ2v) is 5.46. The highest BCUT2D eigenvalue weighted by molar-refractivity contribution is 5.94. The largest absolute Gasteiger partial charge is 0.468 e. The van der Waals surface area contributed by atoms with Crippen LogP contribution in [0, 0.1) is 5.82 Å². The van der Waals surface area contributed by atoms with Gasteiger partial charge in [-0.05, 0) is 50.2 Å². The lowest BCUT2D eigenvalue weighted by Gasteiger charge is -2.26. The van der Waals surface area contributed by atoms with Gasteiger partial charge in [-0.15, -0.1) is 12.4 Å². The number of furan rings is 1. The first-order chi connectivity index (χ1) is 10.8. The SMILES string of the molecule is Cl.O=C(NCC(c1ccco1)N1CCCC1)c1ccccc1F. The molecule has 3 rings (SSSR count). The molecule has 1 atom stereocenters. The Hall–Kier alpha value is -1.85. The molecule has 0 aliphatic carbocycles. The van der Waals surface area contributed by atoms with E-state index in [1.807, 2.05) is 12.1 Å². The average Bonchev–Trinajstić information content (AvgIpc) is 3.21. The summed E-state index contributed by atoms with van der Waals surface area (Å²) in [5.41, 5.74) is 0.0714. The third-order valence-electron chi connectivity index (χ3n) is 4.03. The quantitative estimate of drug-likeness (QED) is 0.908. The molecule has 1 aromatic carbocycles. The van der Waals surface area contributed by atoms with Gasteiger partial charge in [0.2, 0.25) is 0 Å². The number of carbonyl (C=O) groups excluding carboxylic acids is 1. The molecule has 1 aliphatic rings. The molecule has 0 bridgehead atoms. The van der Waals surface area contributed by atoms with E-state index in [-0.39, 0.29) is 24.0 Å². The van der Waals surface area contributed by atoms with Crippen molar-refractivity contribution in [1.82, 2.24) is 10.2 Å².